The Hall–Kier alpha value is -0.0400. The third-order valence-electron chi connectivity index (χ3n) is 2.11. The fraction of sp³-hybridized carbons (Fsp3) is 1.00. The van der Waals surface area contributed by atoms with Crippen molar-refractivity contribution < 1.29 is 0 Å². The van der Waals surface area contributed by atoms with Crippen LogP contribution in [0.5, 0.6) is 0 Å². The predicted molar refractivity (Wildman–Crippen MR) is 51.6 cm³/mol. The van der Waals surface area contributed by atoms with E-state index in [2.05, 4.69) is 13.8 Å². The summed E-state index contributed by atoms with van der Waals surface area (Å²) in [6, 6.07) is 0.565. The Kier molecular flexibility index (Phi) is 8.03. The van der Waals surface area contributed by atoms with Crippen LogP contribution in [-0.2, 0) is 0 Å². The summed E-state index contributed by atoms with van der Waals surface area (Å²) in [7, 11) is 0. The molecule has 0 aromatic heterocycles. The van der Waals surface area contributed by atoms with Crippen LogP contribution in [0, 0.1) is 0 Å². The van der Waals surface area contributed by atoms with Gasteiger partial charge in [0, 0.05) is 6.04 Å². The summed E-state index contributed by atoms with van der Waals surface area (Å²) in [5.74, 6) is 0. The zero-order valence-corrected chi connectivity index (χ0v) is 8.10. The summed E-state index contributed by atoms with van der Waals surface area (Å²) in [5, 5.41) is 0. The van der Waals surface area contributed by atoms with Gasteiger partial charge in [0.1, 0.15) is 0 Å². The Balaban J connectivity index is 0.000000183. The lowest BCUT2D eigenvalue weighted by Gasteiger charge is -2.18. The van der Waals surface area contributed by atoms with Crippen LogP contribution in [0.2, 0.25) is 0 Å². The summed E-state index contributed by atoms with van der Waals surface area (Å²) in [6.07, 6.45) is 9.43. The van der Waals surface area contributed by atoms with Gasteiger partial charge in [-0.3, -0.25) is 0 Å². The van der Waals surface area contributed by atoms with Crippen LogP contribution in [0.3, 0.4) is 0 Å². The topological polar surface area (TPSA) is 26.0 Å². The molecular formula is C10H23N. The van der Waals surface area contributed by atoms with Gasteiger partial charge in [0.15, 0.2) is 0 Å². The van der Waals surface area contributed by atoms with Gasteiger partial charge in [0.25, 0.3) is 0 Å². The van der Waals surface area contributed by atoms with Gasteiger partial charge >= 0.3 is 0 Å². The van der Waals surface area contributed by atoms with Crippen molar-refractivity contribution in [2.45, 2.75) is 64.8 Å². The van der Waals surface area contributed by atoms with E-state index >= 15 is 0 Å². The molecule has 0 radical (unpaired) electrons. The molecule has 0 atom stereocenters. The molecule has 1 heteroatoms. The normalized spacial score (nSPS) is 16.6. The molecule has 11 heavy (non-hydrogen) atoms. The summed E-state index contributed by atoms with van der Waals surface area (Å²) in [5.41, 5.74) is 5.38. The number of hydrogen-bond donors (Lipinski definition) is 1. The average molecular weight is 157 g/mol. The zero-order valence-electron chi connectivity index (χ0n) is 8.10. The predicted octanol–water partition coefficient (Wildman–Crippen LogP) is 3.08. The van der Waals surface area contributed by atoms with Gasteiger partial charge in [-0.05, 0) is 12.8 Å². The Morgan fingerprint density at radius 2 is 1.45 bits per heavy atom. The van der Waals surface area contributed by atoms with Crippen LogP contribution in [0.4, 0.5) is 0 Å². The van der Waals surface area contributed by atoms with Crippen LogP contribution in [0.1, 0.15) is 58.8 Å². The van der Waals surface area contributed by atoms with E-state index in [-0.39, 0.29) is 0 Å². The highest BCUT2D eigenvalue weighted by atomic mass is 14.6. The highest BCUT2D eigenvalue weighted by Gasteiger charge is 2.09. The molecule has 1 aliphatic carbocycles. The summed E-state index contributed by atoms with van der Waals surface area (Å²) < 4.78 is 0. The summed E-state index contributed by atoms with van der Waals surface area (Å²) >= 11 is 0. The lowest BCUT2D eigenvalue weighted by Crippen LogP contribution is -2.27. The van der Waals surface area contributed by atoms with Crippen molar-refractivity contribution in [1.29, 1.82) is 0 Å². The smallest absolute Gasteiger partial charge is 0.00388 e. The monoisotopic (exact) mass is 157 g/mol. The van der Waals surface area contributed by atoms with Crippen LogP contribution in [0.25, 0.3) is 0 Å². The molecule has 0 spiro atoms. The molecule has 0 saturated heterocycles. The molecule has 0 aromatic carbocycles. The van der Waals surface area contributed by atoms with Crippen LogP contribution in [-0.4, -0.2) is 6.04 Å². The molecule has 1 fully saturated rings. The van der Waals surface area contributed by atoms with Crippen molar-refractivity contribution in [3.63, 3.8) is 0 Å². The first kappa shape index (κ1) is 11.0. The second-order valence-corrected chi connectivity index (χ2v) is 3.40. The van der Waals surface area contributed by atoms with Crippen molar-refractivity contribution in [2.24, 2.45) is 5.73 Å². The summed E-state index contributed by atoms with van der Waals surface area (Å²) in [6.45, 7) is 4.46. The maximum atomic E-state index is 5.38. The number of hydrogen-bond acceptors (Lipinski definition) is 1. The van der Waals surface area contributed by atoms with E-state index in [1.807, 2.05) is 0 Å². The van der Waals surface area contributed by atoms with Gasteiger partial charge in [0.05, 0.1) is 0 Å². The van der Waals surface area contributed by atoms with Gasteiger partial charge in [-0.1, -0.05) is 46.0 Å². The van der Waals surface area contributed by atoms with Crippen molar-refractivity contribution in [3.05, 3.63) is 0 Å². The molecule has 68 valence electrons. The second kappa shape index (κ2) is 8.06. The van der Waals surface area contributed by atoms with E-state index < -0.39 is 0 Å². The third kappa shape index (κ3) is 7.86. The Bertz CT molecular complexity index is 63.3. The number of nitrogens with two attached hydrogens (primary N) is 1. The van der Waals surface area contributed by atoms with E-state index in [1.54, 1.807) is 0 Å². The van der Waals surface area contributed by atoms with E-state index in [4.69, 9.17) is 5.73 Å². The average Bonchev–Trinajstić information content (AvgIpc) is 1.98. The van der Waals surface area contributed by atoms with E-state index in [9.17, 15) is 0 Å². The van der Waals surface area contributed by atoms with Crippen LogP contribution in [0.15, 0.2) is 0 Å². The lowest BCUT2D eigenvalue weighted by atomic mass is 9.95. The highest BCUT2D eigenvalue weighted by molar-refractivity contribution is 4.70. The quantitative estimate of drug-likeness (QED) is 0.626. The van der Waals surface area contributed by atoms with Crippen molar-refractivity contribution >= 4 is 0 Å². The maximum absolute atomic E-state index is 5.38. The minimum Gasteiger partial charge on any atom is -0.328 e. The van der Waals surface area contributed by atoms with E-state index in [0.29, 0.717) is 6.04 Å². The first-order valence-corrected chi connectivity index (χ1v) is 5.06. The zero-order chi connectivity index (χ0) is 8.53. The van der Waals surface area contributed by atoms with Crippen LogP contribution < -0.4 is 5.73 Å². The van der Waals surface area contributed by atoms with E-state index in [0.717, 1.165) is 0 Å². The van der Waals surface area contributed by atoms with Crippen LogP contribution >= 0.6 is 0 Å². The van der Waals surface area contributed by atoms with Crippen molar-refractivity contribution in [2.75, 3.05) is 0 Å². The van der Waals surface area contributed by atoms with E-state index in [1.165, 1.54) is 44.9 Å². The SMILES string of the molecule is CCCCCC.NC1CCC1. The van der Waals surface area contributed by atoms with Gasteiger partial charge < -0.3 is 5.73 Å². The first-order valence-electron chi connectivity index (χ1n) is 5.06. The Morgan fingerprint density at radius 1 is 1.09 bits per heavy atom. The highest BCUT2D eigenvalue weighted by Crippen LogP contribution is 2.14. The maximum Gasteiger partial charge on any atom is 0.00388 e. The first-order chi connectivity index (χ1) is 5.31. The summed E-state index contributed by atoms with van der Waals surface area (Å²) in [4.78, 5) is 0. The molecule has 0 aliphatic heterocycles. The van der Waals surface area contributed by atoms with Gasteiger partial charge in [-0.25, -0.2) is 0 Å². The van der Waals surface area contributed by atoms with Gasteiger partial charge in [0.2, 0.25) is 0 Å². The minimum absolute atomic E-state index is 0.565. The minimum atomic E-state index is 0.565. The molecule has 0 bridgehead atoms. The molecule has 1 rings (SSSR count). The fourth-order valence-corrected chi connectivity index (χ4v) is 0.940. The largest absolute Gasteiger partial charge is 0.328 e. The standard InChI is InChI=1S/C6H14.C4H9N/c1-3-5-6-4-2;5-4-2-1-3-4/h3-6H2,1-2H3;4H,1-3,5H2. The lowest BCUT2D eigenvalue weighted by molar-refractivity contribution is 0.418. The van der Waals surface area contributed by atoms with Gasteiger partial charge in [-0.2, -0.15) is 0 Å². The molecule has 0 unspecified atom stereocenters. The Morgan fingerprint density at radius 3 is 1.55 bits per heavy atom. The Labute approximate surface area is 71.4 Å². The number of rotatable bonds is 3. The molecule has 0 heterocycles. The fourth-order valence-electron chi connectivity index (χ4n) is 0.940. The van der Waals surface area contributed by atoms with Crippen molar-refractivity contribution in [1.82, 2.24) is 0 Å². The third-order valence-corrected chi connectivity index (χ3v) is 2.11. The second-order valence-electron chi connectivity index (χ2n) is 3.40. The number of unbranched alkanes of at least 4 members (excludes halogenated alkanes) is 3. The molecule has 2 N–H and O–H groups in total. The molecule has 0 aromatic rings. The molecule has 0 amide bonds. The van der Waals surface area contributed by atoms with Crippen molar-refractivity contribution in [3.8, 4) is 0 Å². The van der Waals surface area contributed by atoms with Gasteiger partial charge in [-0.15, -0.1) is 0 Å². The molecular weight excluding hydrogens is 134 g/mol. The molecule has 1 saturated carbocycles. The molecule has 1 nitrogen and oxygen atoms in total. The molecule has 1 aliphatic rings.